The van der Waals surface area contributed by atoms with Gasteiger partial charge in [0.2, 0.25) is 5.82 Å². The van der Waals surface area contributed by atoms with Crippen LogP contribution in [0.3, 0.4) is 0 Å². The summed E-state index contributed by atoms with van der Waals surface area (Å²) in [7, 11) is 0. The molecule has 158 valence electrons. The number of fused-ring (bicyclic) bond motifs is 1. The van der Waals surface area contributed by atoms with Crippen LogP contribution in [0.15, 0.2) is 60.8 Å². The summed E-state index contributed by atoms with van der Waals surface area (Å²) in [4.78, 5) is 21.5. The van der Waals surface area contributed by atoms with Crippen molar-refractivity contribution in [3.05, 3.63) is 83.6 Å². The third kappa shape index (κ3) is 3.40. The molecule has 2 aromatic heterocycles. The number of hydrogen-bond donors (Lipinski definition) is 3. The van der Waals surface area contributed by atoms with E-state index in [0.717, 1.165) is 12.1 Å². The summed E-state index contributed by atoms with van der Waals surface area (Å²) in [6.07, 6.45) is -3.46. The van der Waals surface area contributed by atoms with E-state index >= 15 is 4.39 Å². The number of carbonyl (C=O) groups excluding carboxylic acids is 1. The van der Waals surface area contributed by atoms with Crippen molar-refractivity contribution in [3.8, 4) is 11.1 Å². The lowest BCUT2D eigenvalue weighted by molar-refractivity contribution is -0.144. The van der Waals surface area contributed by atoms with E-state index in [4.69, 9.17) is 5.73 Å². The van der Waals surface area contributed by atoms with E-state index in [1.54, 1.807) is 18.2 Å². The normalized spacial score (nSPS) is 13.8. The number of benzene rings is 2. The van der Waals surface area contributed by atoms with E-state index in [0.29, 0.717) is 0 Å². The second-order valence-corrected chi connectivity index (χ2v) is 6.78. The molecule has 0 saturated carbocycles. The summed E-state index contributed by atoms with van der Waals surface area (Å²) in [5.74, 6) is -3.38. The Morgan fingerprint density at radius 1 is 1.06 bits per heavy atom. The van der Waals surface area contributed by atoms with Gasteiger partial charge >= 0.3 is 6.18 Å². The number of H-pyrrole nitrogens is 1. The molecule has 0 saturated heterocycles. The molecule has 0 aliphatic rings. The van der Waals surface area contributed by atoms with Crippen LogP contribution in [-0.2, 0) is 16.6 Å². The highest BCUT2D eigenvalue weighted by molar-refractivity contribution is 5.91. The van der Waals surface area contributed by atoms with Gasteiger partial charge in [-0.05, 0) is 23.3 Å². The number of rotatable bonds is 4. The van der Waals surface area contributed by atoms with Crippen LogP contribution < -0.4 is 5.73 Å². The molecular formula is C21H14F4N4O2. The fourth-order valence-electron chi connectivity index (χ4n) is 3.37. The van der Waals surface area contributed by atoms with E-state index in [1.165, 1.54) is 30.5 Å². The number of alkyl halides is 3. The fourth-order valence-corrected chi connectivity index (χ4v) is 3.37. The number of aromatic amines is 1. The summed E-state index contributed by atoms with van der Waals surface area (Å²) in [5.41, 5.74) is 2.81. The highest BCUT2D eigenvalue weighted by atomic mass is 19.4. The number of carbonyl (C=O) groups is 1. The lowest BCUT2D eigenvalue weighted by atomic mass is 9.84. The smallest absolute Gasteiger partial charge is 0.372 e. The Kier molecular flexibility index (Phi) is 4.74. The SMILES string of the molecule is NC(=O)C(O)(c1ccccc1)c1ccc(-c2ccnc3nc(C(F)(F)F)[nH]c23)cc1F. The van der Waals surface area contributed by atoms with Crippen molar-refractivity contribution in [3.63, 3.8) is 0 Å². The van der Waals surface area contributed by atoms with Gasteiger partial charge in [-0.25, -0.2) is 14.4 Å². The number of aliphatic hydroxyl groups is 1. The van der Waals surface area contributed by atoms with E-state index in [1.807, 2.05) is 0 Å². The summed E-state index contributed by atoms with van der Waals surface area (Å²) in [6, 6.07) is 12.5. The van der Waals surface area contributed by atoms with Crippen LogP contribution in [0.25, 0.3) is 22.3 Å². The molecule has 0 aliphatic carbocycles. The predicted octanol–water partition coefficient (Wildman–Crippen LogP) is 3.50. The summed E-state index contributed by atoms with van der Waals surface area (Å²) in [5, 5.41) is 11.0. The Bertz CT molecular complexity index is 1290. The van der Waals surface area contributed by atoms with Gasteiger partial charge < -0.3 is 15.8 Å². The van der Waals surface area contributed by atoms with Crippen molar-refractivity contribution in [2.45, 2.75) is 11.8 Å². The van der Waals surface area contributed by atoms with Crippen LogP contribution >= 0.6 is 0 Å². The Morgan fingerprint density at radius 3 is 2.39 bits per heavy atom. The van der Waals surface area contributed by atoms with Crippen molar-refractivity contribution >= 4 is 17.1 Å². The minimum absolute atomic E-state index is 0.0322. The molecule has 0 bridgehead atoms. The Hall–Kier alpha value is -3.79. The van der Waals surface area contributed by atoms with E-state index in [-0.39, 0.29) is 33.4 Å². The maximum atomic E-state index is 15.1. The van der Waals surface area contributed by atoms with Crippen LogP contribution in [0.4, 0.5) is 17.6 Å². The second-order valence-electron chi connectivity index (χ2n) is 6.78. The van der Waals surface area contributed by atoms with Gasteiger partial charge in [-0.2, -0.15) is 13.2 Å². The van der Waals surface area contributed by atoms with Crippen LogP contribution in [0, 0.1) is 5.82 Å². The molecule has 1 unspecified atom stereocenters. The van der Waals surface area contributed by atoms with Gasteiger partial charge in [0.05, 0.1) is 5.52 Å². The number of nitrogens with one attached hydrogen (secondary N) is 1. The number of halogens is 4. The number of nitrogens with zero attached hydrogens (tertiary/aromatic N) is 2. The maximum absolute atomic E-state index is 15.1. The van der Waals surface area contributed by atoms with Gasteiger partial charge in [-0.15, -0.1) is 0 Å². The summed E-state index contributed by atoms with van der Waals surface area (Å²) < 4.78 is 54.1. The molecule has 6 nitrogen and oxygen atoms in total. The van der Waals surface area contributed by atoms with E-state index in [2.05, 4.69) is 15.0 Å². The van der Waals surface area contributed by atoms with E-state index in [9.17, 15) is 23.1 Å². The number of pyridine rings is 1. The standard InChI is InChI=1S/C21H14F4N4O2/c22-15-10-11(13-8-9-27-17-16(13)28-19(29-17)21(23,24)25)6-7-14(15)20(31,18(26)30)12-4-2-1-3-5-12/h1-10,31H,(H2,26,30)(H,27,28,29). The molecule has 4 aromatic rings. The van der Waals surface area contributed by atoms with Gasteiger partial charge in [0.1, 0.15) is 5.82 Å². The first-order valence-corrected chi connectivity index (χ1v) is 8.92. The molecule has 1 amide bonds. The molecule has 2 aromatic carbocycles. The van der Waals surface area contributed by atoms with Gasteiger partial charge in [-0.3, -0.25) is 4.79 Å². The molecule has 0 radical (unpaired) electrons. The van der Waals surface area contributed by atoms with Gasteiger partial charge in [0, 0.05) is 17.3 Å². The van der Waals surface area contributed by atoms with E-state index < -0.39 is 29.3 Å². The van der Waals surface area contributed by atoms with Crippen molar-refractivity contribution in [1.29, 1.82) is 0 Å². The summed E-state index contributed by atoms with van der Waals surface area (Å²) in [6.45, 7) is 0. The van der Waals surface area contributed by atoms with Crippen molar-refractivity contribution in [2.75, 3.05) is 0 Å². The first-order chi connectivity index (χ1) is 14.6. The molecule has 0 spiro atoms. The molecule has 10 heteroatoms. The Labute approximate surface area is 172 Å². The number of amides is 1. The number of primary amides is 1. The first-order valence-electron chi connectivity index (χ1n) is 8.92. The number of aromatic nitrogens is 3. The average molecular weight is 430 g/mol. The monoisotopic (exact) mass is 430 g/mol. The van der Waals surface area contributed by atoms with Crippen LogP contribution in [0.1, 0.15) is 17.0 Å². The van der Waals surface area contributed by atoms with Crippen LogP contribution in [0.5, 0.6) is 0 Å². The number of hydrogen-bond acceptors (Lipinski definition) is 4. The molecule has 0 aliphatic heterocycles. The molecule has 4 rings (SSSR count). The molecule has 0 fully saturated rings. The third-order valence-electron chi connectivity index (χ3n) is 4.88. The summed E-state index contributed by atoms with van der Waals surface area (Å²) >= 11 is 0. The topological polar surface area (TPSA) is 105 Å². The Morgan fingerprint density at radius 2 is 1.77 bits per heavy atom. The average Bonchev–Trinajstić information content (AvgIpc) is 3.18. The first kappa shape index (κ1) is 20.5. The largest absolute Gasteiger partial charge is 0.449 e. The molecule has 31 heavy (non-hydrogen) atoms. The lowest BCUT2D eigenvalue weighted by Gasteiger charge is -2.26. The van der Waals surface area contributed by atoms with Gasteiger partial charge in [0.25, 0.3) is 5.91 Å². The van der Waals surface area contributed by atoms with Crippen LogP contribution in [-0.4, -0.2) is 26.0 Å². The number of nitrogens with two attached hydrogens (primary N) is 1. The fraction of sp³-hybridized carbons (Fsp3) is 0.0952. The van der Waals surface area contributed by atoms with Crippen molar-refractivity contribution < 1.29 is 27.5 Å². The van der Waals surface area contributed by atoms with Gasteiger partial charge in [-0.1, -0.05) is 42.5 Å². The molecule has 1 atom stereocenters. The zero-order chi connectivity index (χ0) is 22.4. The Balaban J connectivity index is 1.85. The predicted molar refractivity (Wildman–Crippen MR) is 103 cm³/mol. The molecule has 2 heterocycles. The van der Waals surface area contributed by atoms with Crippen molar-refractivity contribution in [1.82, 2.24) is 15.0 Å². The zero-order valence-corrected chi connectivity index (χ0v) is 15.6. The molecular weight excluding hydrogens is 416 g/mol. The van der Waals surface area contributed by atoms with Gasteiger partial charge in [0.15, 0.2) is 11.2 Å². The maximum Gasteiger partial charge on any atom is 0.449 e. The highest BCUT2D eigenvalue weighted by Gasteiger charge is 2.40. The number of imidazole rings is 1. The second kappa shape index (κ2) is 7.17. The van der Waals surface area contributed by atoms with Crippen molar-refractivity contribution in [2.24, 2.45) is 5.73 Å². The minimum Gasteiger partial charge on any atom is -0.372 e. The molecule has 4 N–H and O–H groups in total. The van der Waals surface area contributed by atoms with Crippen LogP contribution in [0.2, 0.25) is 0 Å². The lowest BCUT2D eigenvalue weighted by Crippen LogP contribution is -2.42. The minimum atomic E-state index is -4.71. The quantitative estimate of drug-likeness (QED) is 0.431. The third-order valence-corrected chi connectivity index (χ3v) is 4.88. The zero-order valence-electron chi connectivity index (χ0n) is 15.6. The highest BCUT2D eigenvalue weighted by Crippen LogP contribution is 2.36.